The number of anilines is 1. The molecule has 0 aliphatic carbocycles. The molecular weight excluding hydrogens is 253 g/mol. The second-order valence-electron chi connectivity index (χ2n) is 3.10. The minimum Gasteiger partial charge on any atom is -0.494 e. The molecule has 0 saturated carbocycles. The van der Waals surface area contributed by atoms with Crippen molar-refractivity contribution in [2.24, 2.45) is 0 Å². The van der Waals surface area contributed by atoms with E-state index in [1.807, 2.05) is 4.72 Å². The van der Waals surface area contributed by atoms with Crippen molar-refractivity contribution in [3.8, 4) is 5.75 Å². The maximum absolute atomic E-state index is 13.2. The second kappa shape index (κ2) is 5.00. The van der Waals surface area contributed by atoms with E-state index >= 15 is 0 Å². The summed E-state index contributed by atoms with van der Waals surface area (Å²) in [6.45, 7) is 0. The summed E-state index contributed by atoms with van der Waals surface area (Å²) in [7, 11) is -2.76. The van der Waals surface area contributed by atoms with Crippen LogP contribution in [0.5, 0.6) is 5.75 Å². The lowest BCUT2D eigenvalue weighted by Gasteiger charge is -2.07. The summed E-state index contributed by atoms with van der Waals surface area (Å²) in [5.41, 5.74) is -0.0652. The maximum atomic E-state index is 13.2. The molecule has 1 rings (SSSR count). The Labute approximate surface area is 97.1 Å². The number of nitrogens with one attached hydrogen (secondary N) is 1. The molecule has 0 atom stereocenters. The van der Waals surface area contributed by atoms with E-state index < -0.39 is 27.6 Å². The zero-order valence-electron chi connectivity index (χ0n) is 8.81. The molecule has 0 unspecified atom stereocenters. The Morgan fingerprint density at radius 1 is 1.53 bits per heavy atom. The van der Waals surface area contributed by atoms with E-state index in [9.17, 15) is 17.6 Å². The highest BCUT2D eigenvalue weighted by molar-refractivity contribution is 7.93. The van der Waals surface area contributed by atoms with E-state index in [2.05, 4.69) is 4.74 Å². The van der Waals surface area contributed by atoms with Gasteiger partial charge in [0.1, 0.15) is 0 Å². The van der Waals surface area contributed by atoms with E-state index in [4.69, 9.17) is 5.11 Å². The van der Waals surface area contributed by atoms with Crippen molar-refractivity contribution in [1.82, 2.24) is 0 Å². The number of halogens is 1. The molecule has 1 aromatic rings. The van der Waals surface area contributed by atoms with E-state index in [1.54, 1.807) is 0 Å². The predicted molar refractivity (Wildman–Crippen MR) is 58.0 cm³/mol. The van der Waals surface area contributed by atoms with Crippen molar-refractivity contribution in [2.75, 3.05) is 17.6 Å². The molecule has 0 aromatic heterocycles. The van der Waals surface area contributed by atoms with Crippen LogP contribution in [0.25, 0.3) is 0 Å². The minimum atomic E-state index is -4.03. The number of benzene rings is 1. The third-order valence-electron chi connectivity index (χ3n) is 1.74. The minimum absolute atomic E-state index is 0.0359. The molecule has 0 amide bonds. The van der Waals surface area contributed by atoms with E-state index in [-0.39, 0.29) is 11.4 Å². The van der Waals surface area contributed by atoms with Crippen LogP contribution < -0.4 is 9.46 Å². The van der Waals surface area contributed by atoms with Crippen molar-refractivity contribution in [3.05, 3.63) is 24.0 Å². The van der Waals surface area contributed by atoms with Crippen molar-refractivity contribution >= 4 is 21.7 Å². The van der Waals surface area contributed by atoms with Gasteiger partial charge in [0.05, 0.1) is 12.8 Å². The number of hydrogen-bond donors (Lipinski definition) is 2. The van der Waals surface area contributed by atoms with Gasteiger partial charge < -0.3 is 9.84 Å². The van der Waals surface area contributed by atoms with Crippen LogP contribution in [0.1, 0.15) is 0 Å². The summed E-state index contributed by atoms with van der Waals surface area (Å²) in [5.74, 6) is -3.36. The van der Waals surface area contributed by atoms with Gasteiger partial charge in [-0.25, -0.2) is 12.8 Å². The van der Waals surface area contributed by atoms with Crippen LogP contribution in [0.2, 0.25) is 0 Å². The summed E-state index contributed by atoms with van der Waals surface area (Å²) >= 11 is 0. The molecule has 0 saturated heterocycles. The van der Waals surface area contributed by atoms with Crippen molar-refractivity contribution in [2.45, 2.75) is 0 Å². The van der Waals surface area contributed by atoms with E-state index in [1.165, 1.54) is 19.2 Å². The zero-order valence-corrected chi connectivity index (χ0v) is 9.62. The van der Waals surface area contributed by atoms with E-state index in [0.717, 1.165) is 6.07 Å². The van der Waals surface area contributed by atoms with Crippen molar-refractivity contribution < 1.29 is 27.4 Å². The van der Waals surface area contributed by atoms with Crippen LogP contribution in [0.3, 0.4) is 0 Å². The third kappa shape index (κ3) is 3.91. The highest BCUT2D eigenvalue weighted by atomic mass is 32.2. The number of carboxylic acids is 1. The van der Waals surface area contributed by atoms with Crippen molar-refractivity contribution in [3.63, 3.8) is 0 Å². The highest BCUT2D eigenvalue weighted by Gasteiger charge is 2.16. The first kappa shape index (κ1) is 13.2. The van der Waals surface area contributed by atoms with Gasteiger partial charge in [0.15, 0.2) is 17.3 Å². The number of ether oxygens (including phenoxy) is 1. The number of rotatable bonds is 5. The zero-order chi connectivity index (χ0) is 13.1. The fraction of sp³-hybridized carbons (Fsp3) is 0.222. The number of sulfonamides is 1. The predicted octanol–water partition coefficient (Wildman–Crippen LogP) is 0.661. The van der Waals surface area contributed by atoms with Gasteiger partial charge in [-0.05, 0) is 12.1 Å². The molecule has 94 valence electrons. The maximum Gasteiger partial charge on any atom is 0.320 e. The molecule has 0 fully saturated rings. The van der Waals surface area contributed by atoms with Gasteiger partial charge in [0.25, 0.3) is 0 Å². The Morgan fingerprint density at radius 3 is 2.65 bits per heavy atom. The lowest BCUT2D eigenvalue weighted by Crippen LogP contribution is -2.22. The normalized spacial score (nSPS) is 10.9. The molecule has 0 aliphatic rings. The average molecular weight is 263 g/mol. The number of carboxylic acid groups (broad SMARTS) is 1. The van der Waals surface area contributed by atoms with E-state index in [0.29, 0.717) is 0 Å². The SMILES string of the molecule is COc1ccc(NS(=O)(=O)CC(=O)O)cc1F. The third-order valence-corrected chi connectivity index (χ3v) is 2.91. The lowest BCUT2D eigenvalue weighted by molar-refractivity contribution is -0.134. The molecular formula is C9H10FNO5S. The van der Waals surface area contributed by atoms with Gasteiger partial charge in [-0.15, -0.1) is 0 Å². The fourth-order valence-corrected chi connectivity index (χ4v) is 1.99. The topological polar surface area (TPSA) is 92.7 Å². The summed E-state index contributed by atoms with van der Waals surface area (Å²) < 4.78 is 42.3. The van der Waals surface area contributed by atoms with Crippen LogP contribution >= 0.6 is 0 Å². The molecule has 8 heteroatoms. The first-order valence-corrected chi connectivity index (χ1v) is 6.05. The number of methoxy groups -OCH3 is 1. The second-order valence-corrected chi connectivity index (χ2v) is 4.83. The van der Waals surface area contributed by atoms with Gasteiger partial charge in [-0.1, -0.05) is 0 Å². The Hall–Kier alpha value is -1.83. The molecule has 6 nitrogen and oxygen atoms in total. The standard InChI is InChI=1S/C9H10FNO5S/c1-16-8-3-2-6(4-7(8)10)11-17(14,15)5-9(12)13/h2-4,11H,5H2,1H3,(H,12,13). The molecule has 0 spiro atoms. The van der Waals surface area contributed by atoms with Gasteiger partial charge in [0.2, 0.25) is 10.0 Å². The van der Waals surface area contributed by atoms with Crippen LogP contribution in [-0.2, 0) is 14.8 Å². The summed E-state index contributed by atoms with van der Waals surface area (Å²) in [4.78, 5) is 10.3. The molecule has 0 radical (unpaired) electrons. The van der Waals surface area contributed by atoms with Gasteiger partial charge in [0, 0.05) is 6.07 Å². The smallest absolute Gasteiger partial charge is 0.320 e. The van der Waals surface area contributed by atoms with Gasteiger partial charge >= 0.3 is 5.97 Å². The lowest BCUT2D eigenvalue weighted by atomic mass is 10.3. The highest BCUT2D eigenvalue weighted by Crippen LogP contribution is 2.21. The van der Waals surface area contributed by atoms with Crippen LogP contribution in [0.4, 0.5) is 10.1 Å². The molecule has 0 aliphatic heterocycles. The van der Waals surface area contributed by atoms with Crippen LogP contribution in [-0.4, -0.2) is 32.4 Å². The van der Waals surface area contributed by atoms with Crippen LogP contribution in [0, 0.1) is 5.82 Å². The number of carbonyl (C=O) groups is 1. The summed E-state index contributed by atoms with van der Waals surface area (Å²) in [6.07, 6.45) is 0. The summed E-state index contributed by atoms with van der Waals surface area (Å²) in [6, 6.07) is 3.40. The van der Waals surface area contributed by atoms with Gasteiger partial charge in [-0.2, -0.15) is 0 Å². The molecule has 17 heavy (non-hydrogen) atoms. The van der Waals surface area contributed by atoms with Crippen molar-refractivity contribution in [1.29, 1.82) is 0 Å². The largest absolute Gasteiger partial charge is 0.494 e. The Kier molecular flexibility index (Phi) is 3.89. The fourth-order valence-electron chi connectivity index (χ4n) is 1.11. The first-order chi connectivity index (χ1) is 7.84. The average Bonchev–Trinajstić information content (AvgIpc) is 2.14. The monoisotopic (exact) mass is 263 g/mol. The number of aliphatic carboxylic acids is 1. The molecule has 2 N–H and O–H groups in total. The Morgan fingerprint density at radius 2 is 2.18 bits per heavy atom. The Bertz CT molecular complexity index is 528. The first-order valence-electron chi connectivity index (χ1n) is 4.40. The molecule has 0 bridgehead atoms. The Balaban J connectivity index is 2.89. The summed E-state index contributed by atoms with van der Waals surface area (Å²) in [5, 5.41) is 8.35. The molecule has 1 aromatic carbocycles. The van der Waals surface area contributed by atoms with Gasteiger partial charge in [-0.3, -0.25) is 9.52 Å². The quantitative estimate of drug-likeness (QED) is 0.814. The number of hydrogen-bond acceptors (Lipinski definition) is 4. The molecule has 0 heterocycles. The van der Waals surface area contributed by atoms with Crippen LogP contribution in [0.15, 0.2) is 18.2 Å².